The lowest BCUT2D eigenvalue weighted by atomic mass is 10.2. The summed E-state index contributed by atoms with van der Waals surface area (Å²) in [6.45, 7) is 6.07. The van der Waals surface area contributed by atoms with Gasteiger partial charge in [-0.3, -0.25) is 0 Å². The van der Waals surface area contributed by atoms with Gasteiger partial charge in [0.2, 0.25) is 10.0 Å². The lowest BCUT2D eigenvalue weighted by molar-refractivity contribution is 0.369. The topological polar surface area (TPSA) is 37.4 Å². The van der Waals surface area contributed by atoms with Crippen molar-refractivity contribution in [3.63, 3.8) is 0 Å². The van der Waals surface area contributed by atoms with E-state index in [9.17, 15) is 8.42 Å². The maximum Gasteiger partial charge on any atom is 0.245 e. The zero-order valence-electron chi connectivity index (χ0n) is 11.8. The molecule has 0 bridgehead atoms. The Morgan fingerprint density at radius 1 is 1.30 bits per heavy atom. The molecule has 0 atom stereocenters. The summed E-state index contributed by atoms with van der Waals surface area (Å²) in [5, 5.41) is 0.771. The van der Waals surface area contributed by atoms with E-state index in [1.807, 2.05) is 45.0 Å². The summed E-state index contributed by atoms with van der Waals surface area (Å²) in [5.74, 6) is 0.212. The fourth-order valence-corrected chi connectivity index (χ4v) is 6.15. The van der Waals surface area contributed by atoms with Crippen LogP contribution < -0.4 is 0 Å². The van der Waals surface area contributed by atoms with Crippen molar-refractivity contribution in [1.82, 2.24) is 4.31 Å². The summed E-state index contributed by atoms with van der Waals surface area (Å²) >= 11 is 7.42. The summed E-state index contributed by atoms with van der Waals surface area (Å²) < 4.78 is 28.3. The fraction of sp³-hybridized carbons (Fsp3) is 0.429. The van der Waals surface area contributed by atoms with Crippen LogP contribution in [0.3, 0.4) is 0 Å². The van der Waals surface area contributed by atoms with Gasteiger partial charge in [-0.2, -0.15) is 4.31 Å². The molecule has 0 spiro atoms. The van der Waals surface area contributed by atoms with E-state index in [0.717, 1.165) is 10.1 Å². The van der Waals surface area contributed by atoms with Gasteiger partial charge in [0.25, 0.3) is 0 Å². The third kappa shape index (κ3) is 2.60. The molecule has 0 radical (unpaired) electrons. The highest BCUT2D eigenvalue weighted by Crippen LogP contribution is 2.37. The first-order valence-electron chi connectivity index (χ1n) is 6.51. The lowest BCUT2D eigenvalue weighted by Crippen LogP contribution is -2.36. The van der Waals surface area contributed by atoms with Crippen molar-refractivity contribution < 1.29 is 8.42 Å². The highest BCUT2D eigenvalue weighted by molar-refractivity contribution is 7.89. The molecule has 1 aromatic carbocycles. The number of rotatable bonds is 5. The van der Waals surface area contributed by atoms with E-state index in [4.69, 9.17) is 11.6 Å². The zero-order chi connectivity index (χ0) is 14.9. The first-order chi connectivity index (χ1) is 9.43. The predicted octanol–water partition coefficient (Wildman–Crippen LogP) is 4.06. The zero-order valence-corrected chi connectivity index (χ0v) is 14.1. The van der Waals surface area contributed by atoms with Crippen LogP contribution in [0.15, 0.2) is 29.2 Å². The molecule has 0 N–H and O–H groups in total. The normalized spacial score (nSPS) is 12.7. The number of sulfonamides is 1. The van der Waals surface area contributed by atoms with Crippen LogP contribution in [0.1, 0.15) is 25.6 Å². The molecule has 20 heavy (non-hydrogen) atoms. The molecule has 0 aliphatic heterocycles. The highest BCUT2D eigenvalue weighted by atomic mass is 35.5. The number of hydrogen-bond acceptors (Lipinski definition) is 3. The second-order valence-corrected chi connectivity index (χ2v) is 8.02. The molecule has 1 heterocycles. The number of halogens is 1. The Hall–Kier alpha value is -0.620. The van der Waals surface area contributed by atoms with Crippen LogP contribution in [0.5, 0.6) is 0 Å². The summed E-state index contributed by atoms with van der Waals surface area (Å²) in [6, 6.07) is 7.47. The number of benzene rings is 1. The molecule has 0 saturated heterocycles. The molecule has 110 valence electrons. The Morgan fingerprint density at radius 2 is 1.95 bits per heavy atom. The molecule has 2 aromatic rings. The second kappa shape index (κ2) is 6.02. The maximum absolute atomic E-state index is 12.9. The Bertz CT molecular complexity index is 707. The van der Waals surface area contributed by atoms with Crippen molar-refractivity contribution in [2.24, 2.45) is 0 Å². The Morgan fingerprint density at radius 3 is 2.50 bits per heavy atom. The number of hydrogen-bond donors (Lipinski definition) is 0. The van der Waals surface area contributed by atoms with Crippen LogP contribution in [-0.4, -0.2) is 25.3 Å². The van der Waals surface area contributed by atoms with Gasteiger partial charge in [-0.1, -0.05) is 25.1 Å². The van der Waals surface area contributed by atoms with Crippen molar-refractivity contribution >= 4 is 43.0 Å². The molecule has 0 saturated carbocycles. The molecule has 1 aromatic heterocycles. The van der Waals surface area contributed by atoms with Crippen LogP contribution in [0.4, 0.5) is 0 Å². The average molecular weight is 332 g/mol. The summed E-state index contributed by atoms with van der Waals surface area (Å²) in [7, 11) is -3.52. The van der Waals surface area contributed by atoms with Gasteiger partial charge in [-0.05, 0) is 19.9 Å². The van der Waals surface area contributed by atoms with Crippen LogP contribution in [0.2, 0.25) is 0 Å². The summed E-state index contributed by atoms with van der Waals surface area (Å²) in [6.07, 6.45) is 0. The standard InChI is InChI=1S/C14H18ClNO2S2/c1-4-16(10(2)3)20(17,18)14-11-7-5-6-8-12(11)19-13(14)9-15/h5-8,10H,4,9H2,1-3H3. The van der Waals surface area contributed by atoms with Crippen LogP contribution in [0, 0.1) is 0 Å². The fourth-order valence-electron chi connectivity index (χ4n) is 2.37. The number of nitrogens with zero attached hydrogens (tertiary/aromatic N) is 1. The van der Waals surface area contributed by atoms with Crippen molar-refractivity contribution in [2.45, 2.75) is 37.6 Å². The number of fused-ring (bicyclic) bond motifs is 1. The van der Waals surface area contributed by atoms with E-state index in [1.54, 1.807) is 0 Å². The number of thiophene rings is 1. The van der Waals surface area contributed by atoms with Crippen molar-refractivity contribution in [3.05, 3.63) is 29.1 Å². The molecular formula is C14H18ClNO2S2. The molecule has 6 heteroatoms. The van der Waals surface area contributed by atoms with Gasteiger partial charge >= 0.3 is 0 Å². The number of alkyl halides is 1. The SMILES string of the molecule is CCN(C(C)C)S(=O)(=O)c1c(CCl)sc2ccccc12. The van der Waals surface area contributed by atoms with E-state index in [2.05, 4.69) is 0 Å². The molecule has 0 aliphatic carbocycles. The van der Waals surface area contributed by atoms with Gasteiger partial charge in [0.05, 0.1) is 5.88 Å². The molecule has 0 fully saturated rings. The quantitative estimate of drug-likeness (QED) is 0.775. The van der Waals surface area contributed by atoms with Crippen LogP contribution in [0.25, 0.3) is 10.1 Å². The molecular weight excluding hydrogens is 314 g/mol. The highest BCUT2D eigenvalue weighted by Gasteiger charge is 2.31. The molecule has 2 rings (SSSR count). The van der Waals surface area contributed by atoms with Gasteiger partial charge in [0.15, 0.2) is 0 Å². The third-order valence-electron chi connectivity index (χ3n) is 3.19. The summed E-state index contributed by atoms with van der Waals surface area (Å²) in [4.78, 5) is 1.09. The lowest BCUT2D eigenvalue weighted by Gasteiger charge is -2.24. The van der Waals surface area contributed by atoms with Crippen LogP contribution in [-0.2, 0) is 15.9 Å². The van der Waals surface area contributed by atoms with E-state index in [-0.39, 0.29) is 11.9 Å². The maximum atomic E-state index is 12.9. The minimum absolute atomic E-state index is 0.0770. The molecule has 0 unspecified atom stereocenters. The van der Waals surface area contributed by atoms with Crippen LogP contribution >= 0.6 is 22.9 Å². The Kier molecular flexibility index (Phi) is 4.74. The average Bonchev–Trinajstić information content (AvgIpc) is 2.77. The smallest absolute Gasteiger partial charge is 0.207 e. The van der Waals surface area contributed by atoms with E-state index < -0.39 is 10.0 Å². The van der Waals surface area contributed by atoms with E-state index in [0.29, 0.717) is 16.3 Å². The second-order valence-electron chi connectivity index (χ2n) is 4.79. The van der Waals surface area contributed by atoms with E-state index in [1.165, 1.54) is 15.6 Å². The third-order valence-corrected chi connectivity index (χ3v) is 7.20. The summed E-state index contributed by atoms with van der Waals surface area (Å²) in [5.41, 5.74) is 0. The monoisotopic (exact) mass is 331 g/mol. The van der Waals surface area contributed by atoms with Gasteiger partial charge in [-0.25, -0.2) is 8.42 Å². The van der Waals surface area contributed by atoms with Gasteiger partial charge in [0.1, 0.15) is 4.90 Å². The van der Waals surface area contributed by atoms with Gasteiger partial charge < -0.3 is 0 Å². The van der Waals surface area contributed by atoms with Crippen molar-refractivity contribution in [2.75, 3.05) is 6.54 Å². The minimum Gasteiger partial charge on any atom is -0.207 e. The van der Waals surface area contributed by atoms with E-state index >= 15 is 0 Å². The van der Waals surface area contributed by atoms with Gasteiger partial charge in [0, 0.05) is 27.5 Å². The van der Waals surface area contributed by atoms with Gasteiger partial charge in [-0.15, -0.1) is 22.9 Å². The molecule has 3 nitrogen and oxygen atoms in total. The first kappa shape index (κ1) is 15.8. The van der Waals surface area contributed by atoms with Crippen molar-refractivity contribution in [1.29, 1.82) is 0 Å². The first-order valence-corrected chi connectivity index (χ1v) is 9.30. The van der Waals surface area contributed by atoms with Crippen molar-refractivity contribution in [3.8, 4) is 0 Å². The minimum atomic E-state index is -3.52. The Balaban J connectivity index is 2.73. The predicted molar refractivity (Wildman–Crippen MR) is 86.1 cm³/mol. The molecule has 0 amide bonds. The Labute approximate surface area is 129 Å². The molecule has 0 aliphatic rings. The largest absolute Gasteiger partial charge is 0.245 e.